The lowest BCUT2D eigenvalue weighted by atomic mass is 9.92. The largest absolute Gasteiger partial charge is 0.479 e. The molecule has 0 aromatic heterocycles. The van der Waals surface area contributed by atoms with E-state index in [1.807, 2.05) is 20.8 Å². The molecule has 19 heavy (non-hydrogen) atoms. The zero-order chi connectivity index (χ0) is 15.1. The minimum atomic E-state index is -1.15. The summed E-state index contributed by atoms with van der Waals surface area (Å²) < 4.78 is 4.65. The molecule has 0 rings (SSSR count). The Hall–Kier alpha value is -1.63. The molecule has 0 saturated carbocycles. The summed E-state index contributed by atoms with van der Waals surface area (Å²) in [6.45, 7) is 5.44. The van der Waals surface area contributed by atoms with Crippen molar-refractivity contribution in [2.75, 3.05) is 20.2 Å². The Labute approximate surface area is 112 Å². The number of carbonyl (C=O) groups is 3. The highest BCUT2D eigenvalue weighted by Gasteiger charge is 2.18. The molecule has 2 amide bonds. The van der Waals surface area contributed by atoms with Gasteiger partial charge in [0, 0.05) is 13.5 Å². The number of carboxylic acids is 1. The molecule has 3 N–H and O–H groups in total. The average Bonchev–Trinajstić information content (AvgIpc) is 2.24. The summed E-state index contributed by atoms with van der Waals surface area (Å²) >= 11 is 0. The van der Waals surface area contributed by atoms with Crippen LogP contribution in [0.4, 0.5) is 0 Å². The van der Waals surface area contributed by atoms with Crippen LogP contribution in [-0.2, 0) is 19.1 Å². The van der Waals surface area contributed by atoms with Gasteiger partial charge in [0.25, 0.3) is 0 Å². The molecular weight excluding hydrogens is 252 g/mol. The highest BCUT2D eigenvalue weighted by atomic mass is 16.5. The predicted molar refractivity (Wildman–Crippen MR) is 68.5 cm³/mol. The summed E-state index contributed by atoms with van der Waals surface area (Å²) in [4.78, 5) is 33.5. The first-order valence-corrected chi connectivity index (χ1v) is 5.94. The van der Waals surface area contributed by atoms with Gasteiger partial charge < -0.3 is 20.5 Å². The van der Waals surface area contributed by atoms with Crippen LogP contribution in [0.3, 0.4) is 0 Å². The topological polar surface area (TPSA) is 105 Å². The standard InChI is InChI=1S/C12H22N2O5/c1-12(2,3)5-9(15)14-7-10(16)13-6-8(19-4)11(17)18/h8H,5-7H2,1-4H3,(H,13,16)(H,14,15)(H,17,18). The molecule has 0 aliphatic carbocycles. The maximum atomic E-state index is 11.5. The van der Waals surface area contributed by atoms with Crippen molar-refractivity contribution in [1.29, 1.82) is 0 Å². The van der Waals surface area contributed by atoms with Crippen LogP contribution in [0.5, 0.6) is 0 Å². The third-order valence-electron chi connectivity index (χ3n) is 2.18. The van der Waals surface area contributed by atoms with Crippen LogP contribution in [0.25, 0.3) is 0 Å². The van der Waals surface area contributed by atoms with E-state index in [4.69, 9.17) is 5.11 Å². The van der Waals surface area contributed by atoms with Gasteiger partial charge in [0.1, 0.15) is 0 Å². The Morgan fingerprint density at radius 3 is 2.16 bits per heavy atom. The Balaban J connectivity index is 3.94. The quantitative estimate of drug-likeness (QED) is 0.594. The van der Waals surface area contributed by atoms with Gasteiger partial charge in [-0.15, -0.1) is 0 Å². The molecular formula is C12H22N2O5. The number of rotatable bonds is 7. The van der Waals surface area contributed by atoms with Crippen molar-refractivity contribution < 1.29 is 24.2 Å². The number of hydrogen-bond acceptors (Lipinski definition) is 4. The molecule has 0 saturated heterocycles. The molecule has 0 aromatic rings. The van der Waals surface area contributed by atoms with E-state index in [9.17, 15) is 14.4 Å². The molecule has 0 aliphatic heterocycles. The normalized spacial score (nSPS) is 12.6. The highest BCUT2D eigenvalue weighted by Crippen LogP contribution is 2.17. The molecule has 7 nitrogen and oxygen atoms in total. The molecule has 0 aliphatic rings. The number of aliphatic carboxylic acids is 1. The maximum absolute atomic E-state index is 11.5. The van der Waals surface area contributed by atoms with E-state index in [1.54, 1.807) is 0 Å². The fourth-order valence-corrected chi connectivity index (χ4v) is 1.26. The van der Waals surface area contributed by atoms with Crippen LogP contribution < -0.4 is 10.6 Å². The Kier molecular flexibility index (Phi) is 7.06. The van der Waals surface area contributed by atoms with E-state index in [0.29, 0.717) is 6.42 Å². The first-order chi connectivity index (χ1) is 8.65. The van der Waals surface area contributed by atoms with Gasteiger partial charge in [-0.05, 0) is 5.41 Å². The van der Waals surface area contributed by atoms with E-state index < -0.39 is 18.0 Å². The van der Waals surface area contributed by atoms with Gasteiger partial charge in [0.05, 0.1) is 13.1 Å². The molecule has 1 atom stereocenters. The molecule has 0 aromatic carbocycles. The Morgan fingerprint density at radius 1 is 1.16 bits per heavy atom. The highest BCUT2D eigenvalue weighted by molar-refractivity contribution is 5.85. The summed E-state index contributed by atoms with van der Waals surface area (Å²) in [5.74, 6) is -1.82. The molecule has 0 heterocycles. The lowest BCUT2D eigenvalue weighted by molar-refractivity contribution is -0.148. The van der Waals surface area contributed by atoms with Crippen molar-refractivity contribution in [3.05, 3.63) is 0 Å². The van der Waals surface area contributed by atoms with Crippen LogP contribution in [-0.4, -0.2) is 49.2 Å². The van der Waals surface area contributed by atoms with Crippen molar-refractivity contribution >= 4 is 17.8 Å². The second kappa shape index (κ2) is 7.73. The maximum Gasteiger partial charge on any atom is 0.334 e. The van der Waals surface area contributed by atoms with Gasteiger partial charge in [-0.25, -0.2) is 4.79 Å². The van der Waals surface area contributed by atoms with E-state index >= 15 is 0 Å². The van der Waals surface area contributed by atoms with Crippen LogP contribution in [0.15, 0.2) is 0 Å². The number of amides is 2. The van der Waals surface area contributed by atoms with Gasteiger partial charge in [-0.2, -0.15) is 0 Å². The second-order valence-electron chi connectivity index (χ2n) is 5.38. The molecule has 0 radical (unpaired) electrons. The van der Waals surface area contributed by atoms with Gasteiger partial charge in [0.2, 0.25) is 11.8 Å². The minimum Gasteiger partial charge on any atom is -0.479 e. The molecule has 1 unspecified atom stereocenters. The van der Waals surface area contributed by atoms with Gasteiger partial charge in [-0.3, -0.25) is 9.59 Å². The van der Waals surface area contributed by atoms with E-state index in [0.717, 1.165) is 0 Å². The smallest absolute Gasteiger partial charge is 0.334 e. The summed E-state index contributed by atoms with van der Waals surface area (Å²) in [6, 6.07) is 0. The van der Waals surface area contributed by atoms with Crippen molar-refractivity contribution in [2.24, 2.45) is 5.41 Å². The molecule has 0 fully saturated rings. The average molecular weight is 274 g/mol. The third kappa shape index (κ3) is 9.01. The zero-order valence-corrected chi connectivity index (χ0v) is 11.8. The fourth-order valence-electron chi connectivity index (χ4n) is 1.26. The number of nitrogens with one attached hydrogen (secondary N) is 2. The fraction of sp³-hybridized carbons (Fsp3) is 0.750. The number of carbonyl (C=O) groups excluding carboxylic acids is 2. The van der Waals surface area contributed by atoms with E-state index in [2.05, 4.69) is 15.4 Å². The van der Waals surface area contributed by atoms with Crippen molar-refractivity contribution in [3.8, 4) is 0 Å². The molecule has 110 valence electrons. The van der Waals surface area contributed by atoms with E-state index in [1.165, 1.54) is 7.11 Å². The molecule has 0 bridgehead atoms. The first kappa shape index (κ1) is 17.4. The number of hydrogen-bond donors (Lipinski definition) is 3. The summed E-state index contributed by atoms with van der Waals surface area (Å²) in [6.07, 6.45) is -0.773. The zero-order valence-electron chi connectivity index (χ0n) is 11.8. The summed E-state index contributed by atoms with van der Waals surface area (Å²) in [5.41, 5.74) is -0.148. The van der Waals surface area contributed by atoms with E-state index in [-0.39, 0.29) is 24.4 Å². The van der Waals surface area contributed by atoms with Crippen LogP contribution in [0.2, 0.25) is 0 Å². The summed E-state index contributed by atoms with van der Waals surface area (Å²) in [5, 5.41) is 13.5. The monoisotopic (exact) mass is 274 g/mol. The van der Waals surface area contributed by atoms with Crippen molar-refractivity contribution in [3.63, 3.8) is 0 Å². The number of carboxylic acid groups (broad SMARTS) is 1. The van der Waals surface area contributed by atoms with Crippen LogP contribution in [0, 0.1) is 5.41 Å². The van der Waals surface area contributed by atoms with Crippen molar-refractivity contribution in [2.45, 2.75) is 33.3 Å². The number of ether oxygens (including phenoxy) is 1. The first-order valence-electron chi connectivity index (χ1n) is 5.94. The molecule has 7 heteroatoms. The molecule has 0 spiro atoms. The SMILES string of the molecule is COC(CNC(=O)CNC(=O)CC(C)(C)C)C(=O)O. The number of methoxy groups -OCH3 is 1. The lowest BCUT2D eigenvalue weighted by Gasteiger charge is -2.17. The second-order valence-corrected chi connectivity index (χ2v) is 5.38. The minimum absolute atomic E-state index is 0.139. The van der Waals surface area contributed by atoms with Gasteiger partial charge in [0.15, 0.2) is 6.10 Å². The predicted octanol–water partition coefficient (Wildman–Crippen LogP) is -0.245. The van der Waals surface area contributed by atoms with Gasteiger partial charge >= 0.3 is 5.97 Å². The Morgan fingerprint density at radius 2 is 1.74 bits per heavy atom. The van der Waals surface area contributed by atoms with Crippen LogP contribution >= 0.6 is 0 Å². The third-order valence-corrected chi connectivity index (χ3v) is 2.18. The van der Waals surface area contributed by atoms with Gasteiger partial charge in [-0.1, -0.05) is 20.8 Å². The lowest BCUT2D eigenvalue weighted by Crippen LogP contribution is -2.43. The summed E-state index contributed by atoms with van der Waals surface area (Å²) in [7, 11) is 1.25. The Bertz CT molecular complexity index is 336. The van der Waals surface area contributed by atoms with Crippen LogP contribution in [0.1, 0.15) is 27.2 Å². The van der Waals surface area contributed by atoms with Crippen molar-refractivity contribution in [1.82, 2.24) is 10.6 Å².